The van der Waals surface area contributed by atoms with Crippen LogP contribution in [0.1, 0.15) is 18.4 Å². The number of fused-ring (bicyclic) bond motifs is 3. The van der Waals surface area contributed by atoms with Crippen LogP contribution in [0.15, 0.2) is 54.9 Å². The molecule has 5 rings (SSSR count). The molecule has 1 N–H and O–H groups in total. The highest BCUT2D eigenvalue weighted by atomic mass is 19.1. The van der Waals surface area contributed by atoms with Crippen molar-refractivity contribution in [3.8, 4) is 0 Å². The lowest BCUT2D eigenvalue weighted by Crippen LogP contribution is -2.41. The number of amides is 1. The lowest BCUT2D eigenvalue weighted by molar-refractivity contribution is -0.120. The van der Waals surface area contributed by atoms with Gasteiger partial charge in [0.25, 0.3) is 0 Å². The van der Waals surface area contributed by atoms with Gasteiger partial charge in [0.15, 0.2) is 11.5 Å². The van der Waals surface area contributed by atoms with Crippen LogP contribution in [0.25, 0.3) is 16.7 Å². The summed E-state index contributed by atoms with van der Waals surface area (Å²) in [5.74, 6) is 0.336. The number of rotatable bonds is 3. The molecule has 7 heteroatoms. The van der Waals surface area contributed by atoms with Crippen molar-refractivity contribution >= 4 is 34.1 Å². The first-order chi connectivity index (χ1) is 14.6. The average Bonchev–Trinajstić information content (AvgIpc) is 3.25. The van der Waals surface area contributed by atoms with E-state index in [1.807, 2.05) is 30.5 Å². The zero-order chi connectivity index (χ0) is 20.7. The molecule has 0 aliphatic carbocycles. The van der Waals surface area contributed by atoms with Crippen molar-refractivity contribution in [1.82, 2.24) is 14.4 Å². The number of hydrogen-bond donors (Lipinski definition) is 1. The van der Waals surface area contributed by atoms with Gasteiger partial charge in [0.05, 0.1) is 17.0 Å². The molecule has 6 nitrogen and oxygen atoms in total. The largest absolute Gasteiger partial charge is 0.354 e. The van der Waals surface area contributed by atoms with Crippen molar-refractivity contribution in [1.29, 1.82) is 0 Å². The third kappa shape index (κ3) is 3.26. The third-order valence-corrected chi connectivity index (χ3v) is 5.75. The number of aromatic nitrogens is 3. The predicted molar refractivity (Wildman–Crippen MR) is 115 cm³/mol. The summed E-state index contributed by atoms with van der Waals surface area (Å²) in [6.07, 6.45) is 5.46. The summed E-state index contributed by atoms with van der Waals surface area (Å²) in [6.45, 7) is 3.21. The van der Waals surface area contributed by atoms with E-state index in [0.717, 1.165) is 36.2 Å². The Kier molecular flexibility index (Phi) is 4.58. The van der Waals surface area contributed by atoms with Crippen molar-refractivity contribution in [2.45, 2.75) is 19.8 Å². The highest BCUT2D eigenvalue weighted by Gasteiger charge is 2.28. The summed E-state index contributed by atoms with van der Waals surface area (Å²) in [4.78, 5) is 24.4. The second-order valence-electron chi connectivity index (χ2n) is 7.78. The first-order valence-electron chi connectivity index (χ1n) is 10.1. The first-order valence-corrected chi connectivity index (χ1v) is 10.1. The smallest absolute Gasteiger partial charge is 0.229 e. The van der Waals surface area contributed by atoms with Crippen LogP contribution in [0.4, 0.5) is 15.9 Å². The number of benzene rings is 1. The van der Waals surface area contributed by atoms with Crippen molar-refractivity contribution in [2.75, 3.05) is 23.3 Å². The van der Waals surface area contributed by atoms with Gasteiger partial charge in [-0.1, -0.05) is 0 Å². The fraction of sp³-hybridized carbons (Fsp3) is 0.261. The molecule has 30 heavy (non-hydrogen) atoms. The van der Waals surface area contributed by atoms with Gasteiger partial charge < -0.3 is 14.6 Å². The number of halogens is 1. The third-order valence-electron chi connectivity index (χ3n) is 5.75. The van der Waals surface area contributed by atoms with Crippen LogP contribution in [0, 0.1) is 18.7 Å². The molecule has 4 heterocycles. The number of piperidine rings is 1. The van der Waals surface area contributed by atoms with Gasteiger partial charge in [-0.25, -0.2) is 14.4 Å². The number of pyridine rings is 1. The number of nitrogens with one attached hydrogen (secondary N) is 1. The molecule has 0 saturated carbocycles. The van der Waals surface area contributed by atoms with E-state index in [1.54, 1.807) is 19.2 Å². The second-order valence-corrected chi connectivity index (χ2v) is 7.78. The highest BCUT2D eigenvalue weighted by molar-refractivity contribution is 5.94. The van der Waals surface area contributed by atoms with E-state index in [4.69, 9.17) is 4.98 Å². The number of aryl methyl sites for hydroxylation is 1. The van der Waals surface area contributed by atoms with E-state index in [-0.39, 0.29) is 17.6 Å². The maximum atomic E-state index is 13.4. The fourth-order valence-electron chi connectivity index (χ4n) is 4.21. The van der Waals surface area contributed by atoms with Gasteiger partial charge >= 0.3 is 0 Å². The van der Waals surface area contributed by atoms with Gasteiger partial charge in [0.1, 0.15) is 5.82 Å². The van der Waals surface area contributed by atoms with Gasteiger partial charge in [-0.2, -0.15) is 0 Å². The summed E-state index contributed by atoms with van der Waals surface area (Å²) in [5, 5.41) is 2.97. The van der Waals surface area contributed by atoms with Crippen LogP contribution < -0.4 is 10.2 Å². The van der Waals surface area contributed by atoms with Crippen LogP contribution in [0.5, 0.6) is 0 Å². The maximum Gasteiger partial charge on any atom is 0.229 e. The fourth-order valence-corrected chi connectivity index (χ4v) is 4.21. The Morgan fingerprint density at radius 1 is 1.20 bits per heavy atom. The normalized spacial score (nSPS) is 16.9. The monoisotopic (exact) mass is 403 g/mol. The van der Waals surface area contributed by atoms with Crippen molar-refractivity contribution in [3.05, 3.63) is 66.2 Å². The second kappa shape index (κ2) is 7.40. The summed E-state index contributed by atoms with van der Waals surface area (Å²) < 4.78 is 15.5. The van der Waals surface area contributed by atoms with E-state index in [2.05, 4.69) is 19.6 Å². The topological polar surface area (TPSA) is 62.5 Å². The molecule has 1 amide bonds. The van der Waals surface area contributed by atoms with Gasteiger partial charge in [0, 0.05) is 31.2 Å². The van der Waals surface area contributed by atoms with Gasteiger partial charge in [0.2, 0.25) is 5.91 Å². The molecule has 1 atom stereocenters. The Labute approximate surface area is 173 Å². The molecule has 1 saturated heterocycles. The molecular formula is C23H22FN5O. The lowest BCUT2D eigenvalue weighted by atomic mass is 9.96. The molecule has 0 radical (unpaired) electrons. The maximum absolute atomic E-state index is 13.4. The highest BCUT2D eigenvalue weighted by Crippen LogP contribution is 2.29. The first kappa shape index (κ1) is 18.5. The van der Waals surface area contributed by atoms with E-state index in [0.29, 0.717) is 23.4 Å². The zero-order valence-electron chi connectivity index (χ0n) is 16.7. The Morgan fingerprint density at radius 3 is 2.93 bits per heavy atom. The predicted octanol–water partition coefficient (Wildman–Crippen LogP) is 4.19. The lowest BCUT2D eigenvalue weighted by Gasteiger charge is -2.33. The number of carbonyl (C=O) groups excluding carboxylic acids is 1. The van der Waals surface area contributed by atoms with Crippen LogP contribution >= 0.6 is 0 Å². The standard InChI is InChI=1S/C23H22FN5O/c1-15-13-17(24)8-9-18(15)26-23(30)16-5-3-11-28(14-16)22-20-7-4-12-29(20)19-6-2-10-25-21(19)27-22/h2,4,6-10,12-13,16H,3,5,11,14H2,1H3,(H,26,30)/t16-/m1/s1. The van der Waals surface area contributed by atoms with Crippen molar-refractivity contribution < 1.29 is 9.18 Å². The Bertz CT molecular complexity index is 1250. The zero-order valence-corrected chi connectivity index (χ0v) is 16.7. The van der Waals surface area contributed by atoms with E-state index < -0.39 is 0 Å². The number of nitrogens with zero attached hydrogens (tertiary/aromatic N) is 4. The minimum atomic E-state index is -0.304. The van der Waals surface area contributed by atoms with Gasteiger partial charge in [-0.3, -0.25) is 4.79 Å². The summed E-state index contributed by atoms with van der Waals surface area (Å²) in [7, 11) is 0. The molecule has 1 aliphatic heterocycles. The molecule has 1 aliphatic rings. The quantitative estimate of drug-likeness (QED) is 0.557. The molecular weight excluding hydrogens is 381 g/mol. The Morgan fingerprint density at radius 2 is 2.07 bits per heavy atom. The van der Waals surface area contributed by atoms with E-state index in [9.17, 15) is 9.18 Å². The number of anilines is 2. The molecule has 3 aromatic heterocycles. The van der Waals surface area contributed by atoms with Crippen LogP contribution in [0.3, 0.4) is 0 Å². The van der Waals surface area contributed by atoms with E-state index >= 15 is 0 Å². The summed E-state index contributed by atoms with van der Waals surface area (Å²) in [6, 6.07) is 12.4. The summed E-state index contributed by atoms with van der Waals surface area (Å²) in [5.41, 5.74) is 4.02. The molecule has 1 fully saturated rings. The van der Waals surface area contributed by atoms with Gasteiger partial charge in [-0.05, 0) is 67.8 Å². The van der Waals surface area contributed by atoms with Crippen LogP contribution in [0.2, 0.25) is 0 Å². The van der Waals surface area contributed by atoms with Crippen LogP contribution in [-0.4, -0.2) is 33.4 Å². The number of carbonyl (C=O) groups is 1. The molecule has 0 unspecified atom stereocenters. The Balaban J connectivity index is 1.42. The Hall–Kier alpha value is -3.48. The molecule has 1 aromatic carbocycles. The minimum Gasteiger partial charge on any atom is -0.354 e. The average molecular weight is 403 g/mol. The summed E-state index contributed by atoms with van der Waals surface area (Å²) >= 11 is 0. The van der Waals surface area contributed by atoms with Crippen molar-refractivity contribution in [3.63, 3.8) is 0 Å². The number of hydrogen-bond acceptors (Lipinski definition) is 4. The molecule has 0 spiro atoms. The van der Waals surface area contributed by atoms with Gasteiger partial charge in [-0.15, -0.1) is 0 Å². The van der Waals surface area contributed by atoms with E-state index in [1.165, 1.54) is 12.1 Å². The minimum absolute atomic E-state index is 0.0419. The molecule has 0 bridgehead atoms. The van der Waals surface area contributed by atoms with Crippen LogP contribution in [-0.2, 0) is 4.79 Å². The van der Waals surface area contributed by atoms with Crippen molar-refractivity contribution in [2.24, 2.45) is 5.92 Å². The SMILES string of the molecule is Cc1cc(F)ccc1NC(=O)[C@@H]1CCCN(c2nc3ncccc3n3cccc23)C1. The molecule has 152 valence electrons. The molecule has 4 aromatic rings.